The molecule has 3 heterocycles. The maximum absolute atomic E-state index is 3.69. The highest BCUT2D eigenvalue weighted by atomic mass is 32.2. The molecule has 0 unspecified atom stereocenters. The summed E-state index contributed by atoms with van der Waals surface area (Å²) in [5, 5.41) is 2.54. The van der Waals surface area contributed by atoms with E-state index in [0.717, 1.165) is 0 Å². The Balaban J connectivity index is 1.47. The van der Waals surface area contributed by atoms with Crippen molar-refractivity contribution in [2.45, 2.75) is 15.2 Å². The number of rotatable bonds is 1. The Morgan fingerprint density at radius 2 is 1.10 bits per heavy atom. The summed E-state index contributed by atoms with van der Waals surface area (Å²) in [5.41, 5.74) is 10.8. The van der Waals surface area contributed by atoms with Gasteiger partial charge in [0.05, 0.1) is 16.8 Å². The summed E-state index contributed by atoms with van der Waals surface area (Å²) in [7, 11) is 0. The van der Waals surface area contributed by atoms with E-state index in [0.29, 0.717) is 0 Å². The molecule has 40 heavy (non-hydrogen) atoms. The summed E-state index contributed by atoms with van der Waals surface area (Å²) in [6, 6.07) is 51.3. The first-order chi connectivity index (χ1) is 19.8. The van der Waals surface area contributed by atoms with Crippen molar-refractivity contribution in [1.29, 1.82) is 0 Å². The standard InChI is InChI=1S/C37H24N2S/c1-2-12-24(13-3-1)39-33-19-9-5-15-27(33)37(28-16-6-10-20-34(28)39)29-17-7-11-21-35(29)40-36-23-32-26(22-30(36)37)25-14-4-8-18-31(25)38-32/h1-23,38H. The SMILES string of the molecule is c1ccc(N2c3ccccc3C3(c4ccccc4Sc4cc5[nH]c6ccccc6c5cc43)c3ccccc32)cc1. The zero-order valence-electron chi connectivity index (χ0n) is 21.6. The van der Waals surface area contributed by atoms with Gasteiger partial charge in [-0.15, -0.1) is 0 Å². The lowest BCUT2D eigenvalue weighted by Gasteiger charge is -2.49. The monoisotopic (exact) mass is 528 g/mol. The fourth-order valence-corrected chi connectivity index (χ4v) is 8.28. The topological polar surface area (TPSA) is 19.0 Å². The van der Waals surface area contributed by atoms with Crippen LogP contribution in [-0.4, -0.2) is 4.98 Å². The lowest BCUT2D eigenvalue weighted by atomic mass is 9.62. The Kier molecular flexibility index (Phi) is 4.50. The molecule has 0 fully saturated rings. The molecule has 1 spiro atoms. The summed E-state index contributed by atoms with van der Waals surface area (Å²) in [5.74, 6) is 0. The number of anilines is 3. The molecule has 0 radical (unpaired) electrons. The van der Waals surface area contributed by atoms with Gasteiger partial charge in [-0.25, -0.2) is 0 Å². The maximum Gasteiger partial charge on any atom is 0.0764 e. The van der Waals surface area contributed by atoms with Crippen LogP contribution in [0.15, 0.2) is 149 Å². The second-order valence-corrected chi connectivity index (χ2v) is 11.7. The van der Waals surface area contributed by atoms with E-state index in [1.165, 1.54) is 70.9 Å². The molecule has 1 N–H and O–H groups in total. The van der Waals surface area contributed by atoms with Gasteiger partial charge in [-0.3, -0.25) is 0 Å². The van der Waals surface area contributed by atoms with E-state index in [1.54, 1.807) is 0 Å². The van der Waals surface area contributed by atoms with E-state index < -0.39 is 5.41 Å². The van der Waals surface area contributed by atoms with Gasteiger partial charge in [-0.1, -0.05) is 103 Å². The molecule has 7 aromatic rings. The van der Waals surface area contributed by atoms with E-state index in [1.807, 2.05) is 11.8 Å². The van der Waals surface area contributed by atoms with Crippen molar-refractivity contribution in [3.05, 3.63) is 162 Å². The number of hydrogen-bond donors (Lipinski definition) is 1. The predicted molar refractivity (Wildman–Crippen MR) is 166 cm³/mol. The number of nitrogens with zero attached hydrogens (tertiary/aromatic N) is 1. The molecule has 0 saturated carbocycles. The Morgan fingerprint density at radius 1 is 0.475 bits per heavy atom. The van der Waals surface area contributed by atoms with Crippen LogP contribution >= 0.6 is 11.8 Å². The zero-order valence-corrected chi connectivity index (χ0v) is 22.5. The number of benzene rings is 6. The molecule has 3 heteroatoms. The molecule has 6 aromatic carbocycles. The van der Waals surface area contributed by atoms with Crippen molar-refractivity contribution in [2.24, 2.45) is 0 Å². The van der Waals surface area contributed by atoms with Crippen molar-refractivity contribution < 1.29 is 0 Å². The van der Waals surface area contributed by atoms with Crippen LogP contribution in [0.5, 0.6) is 0 Å². The largest absolute Gasteiger partial charge is 0.354 e. The lowest BCUT2D eigenvalue weighted by Crippen LogP contribution is -2.39. The van der Waals surface area contributed by atoms with E-state index in [-0.39, 0.29) is 0 Å². The minimum Gasteiger partial charge on any atom is -0.354 e. The van der Waals surface area contributed by atoms with Gasteiger partial charge in [-0.2, -0.15) is 0 Å². The molecule has 1 aromatic heterocycles. The number of aromatic amines is 1. The average molecular weight is 529 g/mol. The average Bonchev–Trinajstić information content (AvgIpc) is 3.38. The van der Waals surface area contributed by atoms with Gasteiger partial charge in [-0.05, 0) is 70.8 Å². The van der Waals surface area contributed by atoms with Crippen molar-refractivity contribution in [3.63, 3.8) is 0 Å². The number of H-pyrrole nitrogens is 1. The fourth-order valence-electron chi connectivity index (χ4n) is 7.07. The minimum absolute atomic E-state index is 0.456. The van der Waals surface area contributed by atoms with Gasteiger partial charge in [0, 0.05) is 37.3 Å². The predicted octanol–water partition coefficient (Wildman–Crippen LogP) is 9.95. The van der Waals surface area contributed by atoms with Crippen LogP contribution in [0.2, 0.25) is 0 Å². The number of nitrogens with one attached hydrogen (secondary N) is 1. The van der Waals surface area contributed by atoms with Crippen LogP contribution in [0.25, 0.3) is 21.8 Å². The smallest absolute Gasteiger partial charge is 0.0764 e. The van der Waals surface area contributed by atoms with Crippen molar-refractivity contribution in [3.8, 4) is 0 Å². The van der Waals surface area contributed by atoms with Gasteiger partial charge < -0.3 is 9.88 Å². The Labute approximate surface area is 236 Å². The molecule has 2 nitrogen and oxygen atoms in total. The molecule has 2 aliphatic rings. The summed E-state index contributed by atoms with van der Waals surface area (Å²) in [4.78, 5) is 8.73. The molecule has 9 rings (SSSR count). The molecule has 0 aliphatic carbocycles. The summed E-state index contributed by atoms with van der Waals surface area (Å²) in [6.45, 7) is 0. The molecule has 0 amide bonds. The van der Waals surface area contributed by atoms with Gasteiger partial charge in [0.15, 0.2) is 0 Å². The summed E-state index contributed by atoms with van der Waals surface area (Å²) in [6.07, 6.45) is 0. The summed E-state index contributed by atoms with van der Waals surface area (Å²) >= 11 is 1.89. The Bertz CT molecular complexity index is 2060. The van der Waals surface area contributed by atoms with Gasteiger partial charge in [0.25, 0.3) is 0 Å². The number of aromatic nitrogens is 1. The summed E-state index contributed by atoms with van der Waals surface area (Å²) < 4.78 is 0. The molecule has 0 atom stereocenters. The molecule has 0 bridgehead atoms. The maximum atomic E-state index is 3.69. The molecule has 0 saturated heterocycles. The number of hydrogen-bond acceptors (Lipinski definition) is 2. The van der Waals surface area contributed by atoms with E-state index in [4.69, 9.17) is 0 Å². The van der Waals surface area contributed by atoms with E-state index >= 15 is 0 Å². The van der Waals surface area contributed by atoms with Crippen LogP contribution in [-0.2, 0) is 5.41 Å². The van der Waals surface area contributed by atoms with Gasteiger partial charge >= 0.3 is 0 Å². The Morgan fingerprint density at radius 3 is 1.88 bits per heavy atom. The van der Waals surface area contributed by atoms with Crippen molar-refractivity contribution in [1.82, 2.24) is 4.98 Å². The molecule has 2 aliphatic heterocycles. The van der Waals surface area contributed by atoms with Crippen molar-refractivity contribution >= 4 is 50.6 Å². The third-order valence-corrected chi connectivity index (χ3v) is 9.77. The minimum atomic E-state index is -0.456. The quantitative estimate of drug-likeness (QED) is 0.229. The second-order valence-electron chi connectivity index (χ2n) is 10.6. The van der Waals surface area contributed by atoms with Crippen LogP contribution in [0.4, 0.5) is 17.1 Å². The molecule has 188 valence electrons. The fraction of sp³-hybridized carbons (Fsp3) is 0.0270. The molecular formula is C37H24N2S. The van der Waals surface area contributed by atoms with Crippen LogP contribution < -0.4 is 4.90 Å². The van der Waals surface area contributed by atoms with E-state index in [2.05, 4.69) is 149 Å². The van der Waals surface area contributed by atoms with Crippen molar-refractivity contribution in [2.75, 3.05) is 4.90 Å². The highest BCUT2D eigenvalue weighted by Crippen LogP contribution is 2.63. The van der Waals surface area contributed by atoms with Gasteiger partial charge in [0.1, 0.15) is 0 Å². The number of para-hydroxylation sites is 4. The first-order valence-corrected chi connectivity index (χ1v) is 14.5. The Hall–Kier alpha value is -4.73. The lowest BCUT2D eigenvalue weighted by molar-refractivity contribution is 0.693. The zero-order chi connectivity index (χ0) is 26.3. The second kappa shape index (κ2) is 8.14. The molecular weight excluding hydrogens is 504 g/mol. The first kappa shape index (κ1) is 22.1. The van der Waals surface area contributed by atoms with Crippen LogP contribution in [0.1, 0.15) is 22.3 Å². The van der Waals surface area contributed by atoms with Crippen LogP contribution in [0, 0.1) is 0 Å². The highest BCUT2D eigenvalue weighted by Gasteiger charge is 2.50. The first-order valence-electron chi connectivity index (χ1n) is 13.7. The third kappa shape index (κ3) is 2.80. The van der Waals surface area contributed by atoms with E-state index in [9.17, 15) is 0 Å². The van der Waals surface area contributed by atoms with Gasteiger partial charge in [0.2, 0.25) is 0 Å². The number of fused-ring (bicyclic) bond motifs is 11. The normalized spacial score (nSPS) is 14.6. The third-order valence-electron chi connectivity index (χ3n) is 8.63. The highest BCUT2D eigenvalue weighted by molar-refractivity contribution is 7.99. The van der Waals surface area contributed by atoms with Crippen LogP contribution in [0.3, 0.4) is 0 Å².